The molecule has 160 valence electrons. The topological polar surface area (TPSA) is 60.4 Å². The number of piperazine rings is 1. The number of halogens is 1. The minimum Gasteiger partial charge on any atom is -0.490 e. The molecule has 0 unspecified atom stereocenters. The molecule has 2 saturated heterocycles. The molecule has 29 heavy (non-hydrogen) atoms. The second-order valence-electron chi connectivity index (χ2n) is 7.46. The third-order valence-corrected chi connectivity index (χ3v) is 5.74. The van der Waals surface area contributed by atoms with Crippen molar-refractivity contribution in [2.75, 3.05) is 66.0 Å². The molecule has 1 aromatic carbocycles. The minimum absolute atomic E-state index is 0.275. The Kier molecular flexibility index (Phi) is 8.43. The van der Waals surface area contributed by atoms with Gasteiger partial charge in [-0.15, -0.1) is 0 Å². The lowest BCUT2D eigenvalue weighted by Crippen LogP contribution is -2.54. The number of rotatable bonds is 6. The molecule has 0 saturated carbocycles. The fourth-order valence-electron chi connectivity index (χ4n) is 3.77. The van der Waals surface area contributed by atoms with Gasteiger partial charge < -0.3 is 19.9 Å². The average Bonchev–Trinajstić information content (AvgIpc) is 2.76. The summed E-state index contributed by atoms with van der Waals surface area (Å²) in [7, 11) is 1.80. The highest BCUT2D eigenvalue weighted by Crippen LogP contribution is 2.22. The third-order valence-electron chi connectivity index (χ3n) is 5.43. The molecule has 2 aliphatic rings. The summed E-state index contributed by atoms with van der Waals surface area (Å²) in [5, 5.41) is 3.97. The predicted molar refractivity (Wildman–Crippen MR) is 117 cm³/mol. The molecule has 0 aliphatic carbocycles. The molecule has 0 aromatic heterocycles. The number of benzene rings is 1. The molecule has 8 heteroatoms. The van der Waals surface area contributed by atoms with Gasteiger partial charge in [-0.2, -0.15) is 0 Å². The Hall–Kier alpha value is -1.99. The van der Waals surface area contributed by atoms with Gasteiger partial charge in [0.25, 0.3) is 0 Å². The van der Waals surface area contributed by atoms with Crippen molar-refractivity contribution in [3.05, 3.63) is 29.3 Å². The molecule has 0 bridgehead atoms. The lowest BCUT2D eigenvalue weighted by Gasteiger charge is -2.37. The van der Waals surface area contributed by atoms with Crippen molar-refractivity contribution in [3.63, 3.8) is 0 Å². The van der Waals surface area contributed by atoms with Gasteiger partial charge in [-0.25, -0.2) is 0 Å². The number of ether oxygens (including phenoxy) is 1. The maximum Gasteiger partial charge on any atom is 0.236 e. The molecule has 1 amide bonds. The van der Waals surface area contributed by atoms with Gasteiger partial charge in [-0.05, 0) is 31.4 Å². The number of hydrogen-bond acceptors (Lipinski definition) is 4. The van der Waals surface area contributed by atoms with E-state index in [1.165, 1.54) is 6.42 Å². The molecule has 0 atom stereocenters. The van der Waals surface area contributed by atoms with Crippen LogP contribution in [-0.2, 0) is 4.79 Å². The smallest absolute Gasteiger partial charge is 0.236 e. The number of likely N-dealkylation sites (tertiary alicyclic amines) is 1. The largest absolute Gasteiger partial charge is 0.490 e. The lowest BCUT2D eigenvalue weighted by molar-refractivity contribution is -0.133. The summed E-state index contributed by atoms with van der Waals surface area (Å²) in [6.07, 6.45) is 3.53. The monoisotopic (exact) mass is 421 g/mol. The van der Waals surface area contributed by atoms with Crippen LogP contribution in [0.5, 0.6) is 5.75 Å². The van der Waals surface area contributed by atoms with E-state index in [1.54, 1.807) is 7.05 Å². The van der Waals surface area contributed by atoms with E-state index in [2.05, 4.69) is 20.1 Å². The van der Waals surface area contributed by atoms with E-state index in [-0.39, 0.29) is 5.91 Å². The quantitative estimate of drug-likeness (QED) is 0.432. The summed E-state index contributed by atoms with van der Waals surface area (Å²) in [5.41, 5.74) is 0. The molecule has 2 aliphatic heterocycles. The van der Waals surface area contributed by atoms with Crippen molar-refractivity contribution in [1.82, 2.24) is 20.0 Å². The second kappa shape index (κ2) is 11.3. The van der Waals surface area contributed by atoms with Crippen molar-refractivity contribution in [2.45, 2.75) is 19.3 Å². The van der Waals surface area contributed by atoms with Crippen molar-refractivity contribution in [3.8, 4) is 5.75 Å². The van der Waals surface area contributed by atoms with E-state index >= 15 is 0 Å². The van der Waals surface area contributed by atoms with E-state index in [0.29, 0.717) is 30.5 Å². The zero-order valence-electron chi connectivity index (χ0n) is 17.3. The maximum atomic E-state index is 12.5. The van der Waals surface area contributed by atoms with E-state index in [9.17, 15) is 4.79 Å². The van der Waals surface area contributed by atoms with Crippen LogP contribution in [0.4, 0.5) is 0 Å². The normalized spacial score (nSPS) is 18.6. The Morgan fingerprint density at radius 3 is 2.48 bits per heavy atom. The van der Waals surface area contributed by atoms with E-state index in [0.717, 1.165) is 58.1 Å². The Morgan fingerprint density at radius 2 is 1.79 bits per heavy atom. The Labute approximate surface area is 178 Å². The molecule has 7 nitrogen and oxygen atoms in total. The number of guanidine groups is 1. The molecular formula is C21H32ClN5O2. The zero-order valence-corrected chi connectivity index (χ0v) is 18.0. The molecule has 0 spiro atoms. The van der Waals surface area contributed by atoms with E-state index < -0.39 is 0 Å². The Morgan fingerprint density at radius 1 is 1.07 bits per heavy atom. The van der Waals surface area contributed by atoms with Crippen LogP contribution in [0.15, 0.2) is 29.3 Å². The molecule has 1 N–H and O–H groups in total. The van der Waals surface area contributed by atoms with Crippen LogP contribution in [0.1, 0.15) is 19.3 Å². The standard InChI is InChI=1S/C21H32ClN5O2/c1-23-21(24-9-16-29-19-8-4-3-7-18(19)22)27-14-12-25(13-15-27)17-20(28)26-10-5-2-6-11-26/h3-4,7-8H,2,5-6,9-17H2,1H3,(H,23,24). The van der Waals surface area contributed by atoms with Gasteiger partial charge in [-0.3, -0.25) is 14.7 Å². The molecular weight excluding hydrogens is 390 g/mol. The number of carbonyl (C=O) groups excluding carboxylic acids is 1. The first-order valence-corrected chi connectivity index (χ1v) is 10.9. The average molecular weight is 422 g/mol. The molecule has 2 fully saturated rings. The summed E-state index contributed by atoms with van der Waals surface area (Å²) in [4.78, 5) is 23.4. The Bertz CT molecular complexity index is 685. The predicted octanol–water partition coefficient (Wildman–Crippen LogP) is 1.92. The van der Waals surface area contributed by atoms with Gasteiger partial charge in [-0.1, -0.05) is 23.7 Å². The first-order chi connectivity index (χ1) is 14.2. The SMILES string of the molecule is CN=C(NCCOc1ccccc1Cl)N1CCN(CC(=O)N2CCCCC2)CC1. The molecule has 0 radical (unpaired) electrons. The number of aliphatic imine (C=N–C) groups is 1. The van der Waals surface area contributed by atoms with Crippen LogP contribution in [0.3, 0.4) is 0 Å². The van der Waals surface area contributed by atoms with Crippen LogP contribution in [0, 0.1) is 0 Å². The summed E-state index contributed by atoms with van der Waals surface area (Å²) in [5.74, 6) is 1.84. The summed E-state index contributed by atoms with van der Waals surface area (Å²) in [6.45, 7) is 6.99. The first-order valence-electron chi connectivity index (χ1n) is 10.5. The summed E-state index contributed by atoms with van der Waals surface area (Å²) >= 11 is 6.10. The van der Waals surface area contributed by atoms with Crippen LogP contribution >= 0.6 is 11.6 Å². The van der Waals surface area contributed by atoms with Crippen LogP contribution in [-0.4, -0.2) is 92.6 Å². The number of carbonyl (C=O) groups is 1. The van der Waals surface area contributed by atoms with Crippen molar-refractivity contribution in [1.29, 1.82) is 0 Å². The van der Waals surface area contributed by atoms with Gasteiger partial charge in [0.05, 0.1) is 18.1 Å². The number of nitrogens with one attached hydrogen (secondary N) is 1. The summed E-state index contributed by atoms with van der Waals surface area (Å²) < 4.78 is 5.72. The number of para-hydroxylation sites is 1. The van der Waals surface area contributed by atoms with Crippen LogP contribution in [0.2, 0.25) is 5.02 Å². The van der Waals surface area contributed by atoms with Gasteiger partial charge in [0.2, 0.25) is 5.91 Å². The second-order valence-corrected chi connectivity index (χ2v) is 7.86. The van der Waals surface area contributed by atoms with Crippen LogP contribution in [0.25, 0.3) is 0 Å². The highest BCUT2D eigenvalue weighted by Gasteiger charge is 2.23. The maximum absolute atomic E-state index is 12.5. The fraction of sp³-hybridized carbons (Fsp3) is 0.619. The zero-order chi connectivity index (χ0) is 20.5. The van der Waals surface area contributed by atoms with Crippen molar-refractivity contribution < 1.29 is 9.53 Å². The molecule has 2 heterocycles. The summed E-state index contributed by atoms with van der Waals surface area (Å²) in [6, 6.07) is 7.47. The van der Waals surface area contributed by atoms with Crippen molar-refractivity contribution in [2.24, 2.45) is 4.99 Å². The van der Waals surface area contributed by atoms with E-state index in [1.807, 2.05) is 29.2 Å². The number of piperidine rings is 1. The number of amides is 1. The van der Waals surface area contributed by atoms with Gasteiger partial charge in [0, 0.05) is 46.3 Å². The molecule has 3 rings (SSSR count). The lowest BCUT2D eigenvalue weighted by atomic mass is 10.1. The Balaban J connectivity index is 1.36. The number of nitrogens with zero attached hydrogens (tertiary/aromatic N) is 4. The van der Waals surface area contributed by atoms with Gasteiger partial charge >= 0.3 is 0 Å². The number of hydrogen-bond donors (Lipinski definition) is 1. The van der Waals surface area contributed by atoms with Crippen molar-refractivity contribution >= 4 is 23.5 Å². The third kappa shape index (κ3) is 6.51. The first kappa shape index (κ1) is 21.7. The van der Waals surface area contributed by atoms with Crippen LogP contribution < -0.4 is 10.1 Å². The molecule has 1 aromatic rings. The van der Waals surface area contributed by atoms with Gasteiger partial charge in [0.15, 0.2) is 5.96 Å². The highest BCUT2D eigenvalue weighted by molar-refractivity contribution is 6.32. The fourth-order valence-corrected chi connectivity index (χ4v) is 3.96. The minimum atomic E-state index is 0.275. The van der Waals surface area contributed by atoms with Gasteiger partial charge in [0.1, 0.15) is 12.4 Å². The van der Waals surface area contributed by atoms with E-state index in [4.69, 9.17) is 16.3 Å². The highest BCUT2D eigenvalue weighted by atomic mass is 35.5.